The summed E-state index contributed by atoms with van der Waals surface area (Å²) in [6.45, 7) is 3.04. The van der Waals surface area contributed by atoms with Gasteiger partial charge in [0.25, 0.3) is 0 Å². The first-order valence-corrected chi connectivity index (χ1v) is 11.5. The molecular formula is C24H30ClN3O3. The van der Waals surface area contributed by atoms with Crippen LogP contribution in [0.3, 0.4) is 0 Å². The predicted octanol–water partition coefficient (Wildman–Crippen LogP) is 4.33. The Morgan fingerprint density at radius 1 is 1.32 bits per heavy atom. The van der Waals surface area contributed by atoms with Gasteiger partial charge in [-0.25, -0.2) is 4.98 Å². The van der Waals surface area contributed by atoms with E-state index in [1.54, 1.807) is 18.2 Å². The van der Waals surface area contributed by atoms with Crippen molar-refractivity contribution in [3.8, 4) is 0 Å². The van der Waals surface area contributed by atoms with E-state index in [0.717, 1.165) is 50.2 Å². The van der Waals surface area contributed by atoms with Crippen LogP contribution in [0.2, 0.25) is 5.02 Å². The summed E-state index contributed by atoms with van der Waals surface area (Å²) >= 11 is 6.06. The van der Waals surface area contributed by atoms with Crippen molar-refractivity contribution < 1.29 is 14.6 Å². The van der Waals surface area contributed by atoms with E-state index < -0.39 is 12.0 Å². The number of hydrogen-bond acceptors (Lipinski definition) is 5. The Hall–Kier alpha value is -2.15. The number of halogens is 1. The zero-order valence-electron chi connectivity index (χ0n) is 17.7. The molecule has 2 aliphatic heterocycles. The van der Waals surface area contributed by atoms with E-state index in [9.17, 15) is 9.90 Å². The van der Waals surface area contributed by atoms with Gasteiger partial charge in [0.15, 0.2) is 0 Å². The summed E-state index contributed by atoms with van der Waals surface area (Å²) in [5.41, 5.74) is 3.17. The van der Waals surface area contributed by atoms with Crippen LogP contribution in [0.1, 0.15) is 48.5 Å². The number of hydrogen-bond donors (Lipinski definition) is 2. The lowest BCUT2D eigenvalue weighted by Gasteiger charge is -2.24. The summed E-state index contributed by atoms with van der Waals surface area (Å²) in [6, 6.07) is 10.8. The highest BCUT2D eigenvalue weighted by Gasteiger charge is 2.34. The molecule has 0 radical (unpaired) electrons. The Morgan fingerprint density at radius 2 is 2.23 bits per heavy atom. The molecule has 0 saturated carbocycles. The number of carboxylic acids is 1. The zero-order valence-corrected chi connectivity index (χ0v) is 18.5. The lowest BCUT2D eigenvalue weighted by Crippen LogP contribution is -2.33. The number of aromatic nitrogens is 1. The average Bonchev–Trinajstić information content (AvgIpc) is 3.21. The van der Waals surface area contributed by atoms with Gasteiger partial charge in [-0.05, 0) is 67.9 Å². The second kappa shape index (κ2) is 10.4. The van der Waals surface area contributed by atoms with Crippen molar-refractivity contribution in [3.05, 3.63) is 58.2 Å². The SMILES string of the molecule is O=C(O)[C@@H](c1cccc(Cl)c1)N1CC[C@@H](OCCCCc2ccc3c(n2)NCCC3)C1. The van der Waals surface area contributed by atoms with Gasteiger partial charge in [-0.3, -0.25) is 9.69 Å². The normalized spacial score (nSPS) is 19.6. The molecule has 1 aromatic carbocycles. The number of nitrogens with one attached hydrogen (secondary N) is 1. The molecule has 0 spiro atoms. The molecule has 1 aromatic heterocycles. The van der Waals surface area contributed by atoms with Gasteiger partial charge in [-0.1, -0.05) is 29.8 Å². The molecule has 1 fully saturated rings. The number of ether oxygens (including phenoxy) is 1. The van der Waals surface area contributed by atoms with Crippen LogP contribution in [0.25, 0.3) is 0 Å². The minimum Gasteiger partial charge on any atom is -0.480 e. The third kappa shape index (κ3) is 5.76. The van der Waals surface area contributed by atoms with E-state index in [0.29, 0.717) is 30.3 Å². The van der Waals surface area contributed by atoms with E-state index in [1.807, 2.05) is 11.0 Å². The first-order chi connectivity index (χ1) is 15.1. The highest BCUT2D eigenvalue weighted by molar-refractivity contribution is 6.30. The summed E-state index contributed by atoms with van der Waals surface area (Å²) in [5.74, 6) is 0.202. The van der Waals surface area contributed by atoms with Crippen LogP contribution in [0.15, 0.2) is 36.4 Å². The van der Waals surface area contributed by atoms with E-state index in [-0.39, 0.29) is 6.10 Å². The van der Waals surface area contributed by atoms with E-state index >= 15 is 0 Å². The number of likely N-dealkylation sites (tertiary alicyclic amines) is 1. The van der Waals surface area contributed by atoms with Crippen molar-refractivity contribution in [1.29, 1.82) is 0 Å². The number of rotatable bonds is 9. The number of pyridine rings is 1. The molecule has 2 aromatic rings. The molecule has 0 aliphatic carbocycles. The van der Waals surface area contributed by atoms with E-state index in [4.69, 9.17) is 21.3 Å². The second-order valence-electron chi connectivity index (χ2n) is 8.37. The van der Waals surface area contributed by atoms with Crippen LogP contribution in [-0.2, 0) is 22.4 Å². The van der Waals surface area contributed by atoms with Gasteiger partial charge in [0, 0.05) is 37.0 Å². The molecule has 3 heterocycles. The van der Waals surface area contributed by atoms with E-state index in [1.165, 1.54) is 12.0 Å². The van der Waals surface area contributed by atoms with Gasteiger partial charge in [0.05, 0.1) is 6.10 Å². The van der Waals surface area contributed by atoms with Crippen LogP contribution in [0.5, 0.6) is 0 Å². The molecule has 0 amide bonds. The molecule has 1 saturated heterocycles. The summed E-state index contributed by atoms with van der Waals surface area (Å²) < 4.78 is 6.06. The minimum atomic E-state index is -0.852. The second-order valence-corrected chi connectivity index (χ2v) is 8.81. The molecule has 6 nitrogen and oxygen atoms in total. The lowest BCUT2D eigenvalue weighted by molar-refractivity contribution is -0.143. The highest BCUT2D eigenvalue weighted by atomic mass is 35.5. The van der Waals surface area contributed by atoms with Crippen LogP contribution in [-0.4, -0.2) is 53.3 Å². The fraction of sp³-hybridized carbons (Fsp3) is 0.500. The quantitative estimate of drug-likeness (QED) is 0.562. The average molecular weight is 444 g/mol. The smallest absolute Gasteiger partial charge is 0.325 e. The van der Waals surface area contributed by atoms with Gasteiger partial charge in [0.1, 0.15) is 11.9 Å². The third-order valence-electron chi connectivity index (χ3n) is 6.07. The molecule has 2 atom stereocenters. The molecular weight excluding hydrogens is 414 g/mol. The van der Waals surface area contributed by atoms with Crippen molar-refractivity contribution in [2.45, 2.75) is 50.7 Å². The van der Waals surface area contributed by atoms with Crippen molar-refractivity contribution in [1.82, 2.24) is 9.88 Å². The number of fused-ring (bicyclic) bond motifs is 1. The minimum absolute atomic E-state index is 0.0760. The topological polar surface area (TPSA) is 74.7 Å². The third-order valence-corrected chi connectivity index (χ3v) is 6.31. The Labute approximate surface area is 188 Å². The molecule has 2 aliphatic rings. The molecule has 31 heavy (non-hydrogen) atoms. The number of benzene rings is 1. The van der Waals surface area contributed by atoms with E-state index in [2.05, 4.69) is 17.4 Å². The summed E-state index contributed by atoms with van der Waals surface area (Å²) in [5, 5.41) is 13.7. The standard InChI is InChI=1S/C24H30ClN3O3/c25-19-7-3-5-18(15-19)22(24(29)30)28-13-11-21(16-28)31-14-2-1-8-20-10-9-17-6-4-12-26-23(17)27-20/h3,5,7,9-10,15,21-22H,1-2,4,6,8,11-14,16H2,(H,26,27)(H,29,30)/t21-,22-/m1/s1. The number of carboxylic acid groups (broad SMARTS) is 1. The summed E-state index contributed by atoms with van der Waals surface area (Å²) in [6.07, 6.45) is 6.17. The van der Waals surface area contributed by atoms with Crippen LogP contribution < -0.4 is 5.32 Å². The van der Waals surface area contributed by atoms with Crippen LogP contribution in [0, 0.1) is 0 Å². The van der Waals surface area contributed by atoms with Crippen molar-refractivity contribution in [2.75, 3.05) is 31.6 Å². The van der Waals surface area contributed by atoms with Crippen LogP contribution >= 0.6 is 11.6 Å². The number of carbonyl (C=O) groups is 1. The molecule has 7 heteroatoms. The van der Waals surface area contributed by atoms with Gasteiger partial charge in [-0.15, -0.1) is 0 Å². The Kier molecular flexibility index (Phi) is 7.43. The maximum absolute atomic E-state index is 11.9. The van der Waals surface area contributed by atoms with Crippen molar-refractivity contribution in [2.24, 2.45) is 0 Å². The summed E-state index contributed by atoms with van der Waals surface area (Å²) in [4.78, 5) is 18.6. The molecule has 4 rings (SSSR count). The Balaban J connectivity index is 1.20. The van der Waals surface area contributed by atoms with Crippen molar-refractivity contribution in [3.63, 3.8) is 0 Å². The molecule has 166 valence electrons. The molecule has 2 N–H and O–H groups in total. The maximum Gasteiger partial charge on any atom is 0.325 e. The number of unbranched alkanes of at least 4 members (excludes halogenated alkanes) is 1. The lowest BCUT2D eigenvalue weighted by atomic mass is 10.1. The number of aliphatic carboxylic acids is 1. The van der Waals surface area contributed by atoms with Crippen molar-refractivity contribution >= 4 is 23.4 Å². The molecule has 0 bridgehead atoms. The number of aryl methyl sites for hydroxylation is 2. The first-order valence-electron chi connectivity index (χ1n) is 11.2. The maximum atomic E-state index is 11.9. The van der Waals surface area contributed by atoms with Gasteiger partial charge >= 0.3 is 5.97 Å². The highest BCUT2D eigenvalue weighted by Crippen LogP contribution is 2.28. The van der Waals surface area contributed by atoms with Gasteiger partial charge in [0.2, 0.25) is 0 Å². The first kappa shape index (κ1) is 22.1. The zero-order chi connectivity index (χ0) is 21.6. The van der Waals surface area contributed by atoms with Gasteiger partial charge in [-0.2, -0.15) is 0 Å². The fourth-order valence-electron chi connectivity index (χ4n) is 4.48. The van der Waals surface area contributed by atoms with Gasteiger partial charge < -0.3 is 15.2 Å². The largest absolute Gasteiger partial charge is 0.480 e. The Bertz CT molecular complexity index is 907. The molecule has 0 unspecified atom stereocenters. The monoisotopic (exact) mass is 443 g/mol. The predicted molar refractivity (Wildman–Crippen MR) is 122 cm³/mol. The fourth-order valence-corrected chi connectivity index (χ4v) is 4.68. The Morgan fingerprint density at radius 3 is 3.06 bits per heavy atom. The number of anilines is 1. The summed E-state index contributed by atoms with van der Waals surface area (Å²) in [7, 11) is 0. The van der Waals surface area contributed by atoms with Crippen LogP contribution in [0.4, 0.5) is 5.82 Å². The number of nitrogens with zero attached hydrogens (tertiary/aromatic N) is 2.